The minimum absolute atomic E-state index is 0.186. The number of ether oxygens (including phenoxy) is 2. The van der Waals surface area contributed by atoms with Crippen LogP contribution in [-0.4, -0.2) is 37.0 Å². The van der Waals surface area contributed by atoms with Gasteiger partial charge < -0.3 is 14.6 Å². The van der Waals surface area contributed by atoms with Crippen molar-refractivity contribution in [3.05, 3.63) is 60.8 Å². The van der Waals surface area contributed by atoms with Crippen LogP contribution < -0.4 is 0 Å². The van der Waals surface area contributed by atoms with Gasteiger partial charge in [-0.3, -0.25) is 4.79 Å². The second-order valence-corrected chi connectivity index (χ2v) is 12.3. The lowest BCUT2D eigenvalue weighted by atomic mass is 10.0. The number of hydrogen-bond acceptors (Lipinski definition) is 4. The van der Waals surface area contributed by atoms with Gasteiger partial charge in [-0.2, -0.15) is 0 Å². The Morgan fingerprint density at radius 2 is 1.00 bits per heavy atom. The van der Waals surface area contributed by atoms with E-state index >= 15 is 0 Å². The van der Waals surface area contributed by atoms with Crippen LogP contribution in [0.2, 0.25) is 0 Å². The Kier molecular flexibility index (Phi) is 36.6. The zero-order valence-corrected chi connectivity index (χ0v) is 29.6. The first-order valence-electron chi connectivity index (χ1n) is 18.9. The highest BCUT2D eigenvalue weighted by atomic mass is 16.6. The van der Waals surface area contributed by atoms with Gasteiger partial charge in [-0.25, -0.2) is 0 Å². The lowest BCUT2D eigenvalue weighted by molar-refractivity contribution is -0.154. The van der Waals surface area contributed by atoms with Crippen molar-refractivity contribution >= 4 is 5.97 Å². The van der Waals surface area contributed by atoms with Crippen LogP contribution in [0.1, 0.15) is 168 Å². The molecule has 0 amide bonds. The third kappa shape index (κ3) is 36.4. The molecule has 0 aliphatic heterocycles. The maximum Gasteiger partial charge on any atom is 0.306 e. The zero-order valence-electron chi connectivity index (χ0n) is 29.6. The van der Waals surface area contributed by atoms with E-state index in [1.54, 1.807) is 0 Å². The summed E-state index contributed by atoms with van der Waals surface area (Å²) in [5.41, 5.74) is 0. The largest absolute Gasteiger partial charge is 0.457 e. The van der Waals surface area contributed by atoms with E-state index in [9.17, 15) is 9.90 Å². The van der Waals surface area contributed by atoms with E-state index in [1.165, 1.54) is 83.5 Å². The molecule has 0 saturated carbocycles. The highest BCUT2D eigenvalue weighted by Crippen LogP contribution is 2.13. The topological polar surface area (TPSA) is 55.8 Å². The van der Waals surface area contributed by atoms with Crippen molar-refractivity contribution in [1.29, 1.82) is 0 Å². The Morgan fingerprint density at radius 1 is 0.556 bits per heavy atom. The Labute approximate surface area is 279 Å². The second-order valence-electron chi connectivity index (χ2n) is 12.3. The summed E-state index contributed by atoms with van der Waals surface area (Å²) in [6.45, 7) is 5.20. The van der Waals surface area contributed by atoms with Crippen LogP contribution in [0.25, 0.3) is 0 Å². The van der Waals surface area contributed by atoms with Crippen LogP contribution in [0.5, 0.6) is 0 Å². The van der Waals surface area contributed by atoms with Gasteiger partial charge in [-0.05, 0) is 57.8 Å². The molecule has 45 heavy (non-hydrogen) atoms. The first kappa shape index (κ1) is 43.1. The van der Waals surface area contributed by atoms with E-state index in [0.717, 1.165) is 64.2 Å². The number of aliphatic hydroxyl groups is 1. The molecule has 0 aromatic carbocycles. The van der Waals surface area contributed by atoms with Crippen LogP contribution in [0.15, 0.2) is 60.8 Å². The third-order valence-corrected chi connectivity index (χ3v) is 7.86. The van der Waals surface area contributed by atoms with Crippen molar-refractivity contribution in [1.82, 2.24) is 0 Å². The highest BCUT2D eigenvalue weighted by molar-refractivity contribution is 5.69. The smallest absolute Gasteiger partial charge is 0.306 e. The summed E-state index contributed by atoms with van der Waals surface area (Å²) in [6.07, 6.45) is 49.7. The minimum Gasteiger partial charge on any atom is -0.457 e. The number of hydrogen-bond donors (Lipinski definition) is 1. The van der Waals surface area contributed by atoms with Gasteiger partial charge in [-0.1, -0.05) is 164 Å². The number of esters is 1. The number of rotatable bonds is 34. The average Bonchev–Trinajstić information content (AvgIpc) is 3.05. The van der Waals surface area contributed by atoms with Crippen LogP contribution in [-0.2, 0) is 14.3 Å². The van der Waals surface area contributed by atoms with E-state index in [2.05, 4.69) is 74.6 Å². The maximum absolute atomic E-state index is 12.1. The highest BCUT2D eigenvalue weighted by Gasteiger charge is 2.13. The number of carbonyl (C=O) groups excluding carboxylic acids is 1. The van der Waals surface area contributed by atoms with Gasteiger partial charge in [0.1, 0.15) is 6.10 Å². The fourth-order valence-electron chi connectivity index (χ4n) is 5.06. The molecule has 0 saturated heterocycles. The zero-order chi connectivity index (χ0) is 32.7. The fraction of sp³-hybridized carbons (Fsp3) is 0.732. The minimum atomic E-state index is -0.551. The Hall–Kier alpha value is -1.91. The third-order valence-electron chi connectivity index (χ3n) is 7.86. The summed E-state index contributed by atoms with van der Waals surface area (Å²) >= 11 is 0. The van der Waals surface area contributed by atoms with E-state index in [1.807, 2.05) is 0 Å². The molecule has 1 atom stereocenters. The maximum atomic E-state index is 12.1. The quantitative estimate of drug-likeness (QED) is 0.0437. The first-order chi connectivity index (χ1) is 22.2. The van der Waals surface area contributed by atoms with Crippen molar-refractivity contribution in [2.45, 2.75) is 174 Å². The molecule has 0 spiro atoms. The molecule has 0 aliphatic rings. The van der Waals surface area contributed by atoms with Gasteiger partial charge in [0.05, 0.1) is 13.2 Å². The molecular weight excluding hydrogens is 556 g/mol. The number of allylic oxidation sites excluding steroid dienone is 10. The summed E-state index contributed by atoms with van der Waals surface area (Å²) in [6, 6.07) is 0. The Balaban J connectivity index is 3.54. The molecule has 0 bridgehead atoms. The van der Waals surface area contributed by atoms with Crippen molar-refractivity contribution < 1.29 is 19.4 Å². The first-order valence-corrected chi connectivity index (χ1v) is 18.9. The fourth-order valence-corrected chi connectivity index (χ4v) is 5.06. The van der Waals surface area contributed by atoms with Gasteiger partial charge >= 0.3 is 5.97 Å². The van der Waals surface area contributed by atoms with Gasteiger partial charge in [0.15, 0.2) is 0 Å². The predicted molar refractivity (Wildman–Crippen MR) is 196 cm³/mol. The van der Waals surface area contributed by atoms with Crippen LogP contribution in [0.3, 0.4) is 0 Å². The predicted octanol–water partition coefficient (Wildman–Crippen LogP) is 12.1. The molecule has 0 fully saturated rings. The van der Waals surface area contributed by atoms with Gasteiger partial charge in [0.25, 0.3) is 0 Å². The van der Waals surface area contributed by atoms with Crippen LogP contribution in [0.4, 0.5) is 0 Å². The molecule has 0 heterocycles. The number of carbonyl (C=O) groups is 1. The normalized spacial score (nSPS) is 13.0. The lowest BCUT2D eigenvalue weighted by Gasteiger charge is -2.15. The number of aliphatic hydroxyl groups excluding tert-OH is 1. The molecule has 0 rings (SSSR count). The van der Waals surface area contributed by atoms with Gasteiger partial charge in [-0.15, -0.1) is 0 Å². The van der Waals surface area contributed by atoms with E-state index in [0.29, 0.717) is 13.0 Å². The summed E-state index contributed by atoms with van der Waals surface area (Å²) in [5.74, 6) is -0.232. The van der Waals surface area contributed by atoms with E-state index in [-0.39, 0.29) is 19.2 Å². The second kappa shape index (κ2) is 38.3. The number of unbranched alkanes of at least 4 members (excludes halogenated alkanes) is 16. The van der Waals surface area contributed by atoms with Crippen LogP contribution in [0, 0.1) is 0 Å². The van der Waals surface area contributed by atoms with Crippen molar-refractivity contribution in [2.75, 3.05) is 19.8 Å². The van der Waals surface area contributed by atoms with E-state index < -0.39 is 6.10 Å². The lowest BCUT2D eigenvalue weighted by Crippen LogP contribution is -2.27. The molecule has 260 valence electrons. The SMILES string of the molecule is CC/C=C\C/C=C\C/C=C\C/C=C\C/C=C\CCCCCC(=O)OC(CO)COCCCCCCCCCCCCCCCC. The molecule has 1 unspecified atom stereocenters. The van der Waals surface area contributed by atoms with Gasteiger partial charge in [0, 0.05) is 13.0 Å². The monoisotopic (exact) mass is 629 g/mol. The molecule has 1 N–H and O–H groups in total. The van der Waals surface area contributed by atoms with E-state index in [4.69, 9.17) is 9.47 Å². The van der Waals surface area contributed by atoms with Crippen molar-refractivity contribution in [3.63, 3.8) is 0 Å². The summed E-state index contributed by atoms with van der Waals surface area (Å²) in [7, 11) is 0. The molecule has 0 aliphatic carbocycles. The molecule has 4 heteroatoms. The molecule has 0 aromatic rings. The Bertz CT molecular complexity index is 749. The van der Waals surface area contributed by atoms with Crippen molar-refractivity contribution in [3.8, 4) is 0 Å². The standard InChI is InChI=1S/C41H72O4/c1-3-5-7-9-11-13-15-17-19-20-21-22-23-24-26-28-30-32-34-36-41(43)45-40(38-42)39-44-37-35-33-31-29-27-25-18-16-14-12-10-8-6-4-2/h5,7,11,13,17,19,21-22,24,26,40,42H,3-4,6,8-10,12,14-16,18,20,23,25,27-39H2,1-2H3/b7-5-,13-11-,19-17-,22-21-,26-24-. The summed E-state index contributed by atoms with van der Waals surface area (Å²) < 4.78 is 11.1. The molecule has 0 aromatic heterocycles. The Morgan fingerprint density at radius 3 is 1.49 bits per heavy atom. The average molecular weight is 629 g/mol. The summed E-state index contributed by atoms with van der Waals surface area (Å²) in [5, 5.41) is 9.56. The van der Waals surface area contributed by atoms with Crippen LogP contribution >= 0.6 is 0 Å². The molecule has 4 nitrogen and oxygen atoms in total. The summed E-state index contributed by atoms with van der Waals surface area (Å²) in [4.78, 5) is 12.1. The molecule has 0 radical (unpaired) electrons. The van der Waals surface area contributed by atoms with Crippen molar-refractivity contribution in [2.24, 2.45) is 0 Å². The van der Waals surface area contributed by atoms with Gasteiger partial charge in [0.2, 0.25) is 0 Å². The molecular formula is C41H72O4.